The van der Waals surface area contributed by atoms with Crippen LogP contribution in [-0.2, 0) is 0 Å². The van der Waals surface area contributed by atoms with Crippen LogP contribution in [0.15, 0.2) is 12.1 Å². The minimum Gasteiger partial charge on any atom is -0.372 e. The summed E-state index contributed by atoms with van der Waals surface area (Å²) in [5.41, 5.74) is 0.716. The Morgan fingerprint density at radius 2 is 2.31 bits per heavy atom. The summed E-state index contributed by atoms with van der Waals surface area (Å²) >= 11 is 11.2. The number of nitrogens with zero attached hydrogens (tertiary/aromatic N) is 1. The van der Waals surface area contributed by atoms with Gasteiger partial charge in [-0.1, -0.05) is 11.6 Å². The van der Waals surface area contributed by atoms with E-state index >= 15 is 0 Å². The molecule has 0 bridgehead atoms. The van der Waals surface area contributed by atoms with Crippen molar-refractivity contribution >= 4 is 29.0 Å². The molecule has 1 rings (SSSR count). The van der Waals surface area contributed by atoms with Crippen LogP contribution in [0.5, 0.6) is 0 Å². The van der Waals surface area contributed by atoms with Crippen molar-refractivity contribution in [3.63, 3.8) is 0 Å². The fourth-order valence-corrected chi connectivity index (χ4v) is 1.02. The van der Waals surface area contributed by atoms with E-state index in [4.69, 9.17) is 28.3 Å². The highest BCUT2D eigenvalue weighted by atomic mass is 35.5. The van der Waals surface area contributed by atoms with Crippen LogP contribution in [0.25, 0.3) is 0 Å². The summed E-state index contributed by atoms with van der Waals surface area (Å²) in [6.45, 7) is 1.79. The highest BCUT2D eigenvalue weighted by molar-refractivity contribution is 6.31. The number of hydrogen-bond acceptors (Lipinski definition) is 3. The number of aryl methyl sites for hydroxylation is 1. The van der Waals surface area contributed by atoms with Gasteiger partial charge in [-0.15, -0.1) is 11.6 Å². The molecule has 0 aliphatic heterocycles. The van der Waals surface area contributed by atoms with Gasteiger partial charge in [-0.2, -0.15) is 0 Å². The van der Waals surface area contributed by atoms with Crippen molar-refractivity contribution in [3.8, 4) is 0 Å². The molecule has 3 nitrogen and oxygen atoms in total. The number of hydrogen-bond donors (Lipinski definition) is 2. The van der Waals surface area contributed by atoms with Gasteiger partial charge in [0.05, 0.1) is 16.6 Å². The quantitative estimate of drug-likeness (QED) is 0.606. The first-order valence-corrected chi connectivity index (χ1v) is 4.68. The monoisotopic (exact) mass is 220 g/mol. The third-order valence-corrected chi connectivity index (χ3v) is 2.17. The predicted molar refractivity (Wildman–Crippen MR) is 54.3 cm³/mol. The largest absolute Gasteiger partial charge is 0.372 e. The molecule has 0 amide bonds. The number of aromatic nitrogens is 1. The second kappa shape index (κ2) is 4.65. The highest BCUT2D eigenvalue weighted by Gasteiger charge is 2.03. The Morgan fingerprint density at radius 1 is 1.62 bits per heavy atom. The van der Waals surface area contributed by atoms with Gasteiger partial charge in [0.2, 0.25) is 0 Å². The standard InChI is InChI=1S/C8H10Cl2N2O/c1-5-6(10)2-3-7(11-5)12-8(13)4-9/h2-3,8,13H,4H2,1H3,(H,11,12). The van der Waals surface area contributed by atoms with Crippen molar-refractivity contribution in [2.24, 2.45) is 0 Å². The van der Waals surface area contributed by atoms with Crippen LogP contribution in [0, 0.1) is 6.92 Å². The van der Waals surface area contributed by atoms with Crippen LogP contribution in [0.1, 0.15) is 5.69 Å². The molecule has 5 heteroatoms. The van der Waals surface area contributed by atoms with Crippen LogP contribution >= 0.6 is 23.2 Å². The molecule has 0 saturated carbocycles. The van der Waals surface area contributed by atoms with E-state index in [9.17, 15) is 0 Å². The van der Waals surface area contributed by atoms with Gasteiger partial charge in [0, 0.05) is 0 Å². The van der Waals surface area contributed by atoms with Gasteiger partial charge in [0.25, 0.3) is 0 Å². The van der Waals surface area contributed by atoms with Crippen molar-refractivity contribution in [2.45, 2.75) is 13.2 Å². The Hall–Kier alpha value is -0.510. The maximum atomic E-state index is 9.16. The van der Waals surface area contributed by atoms with E-state index < -0.39 is 6.23 Å². The summed E-state index contributed by atoms with van der Waals surface area (Å²) in [5, 5.41) is 12.5. The van der Waals surface area contributed by atoms with Gasteiger partial charge < -0.3 is 10.4 Å². The SMILES string of the molecule is Cc1nc(NC(O)CCl)ccc1Cl. The summed E-state index contributed by atoms with van der Waals surface area (Å²) in [6, 6.07) is 3.40. The topological polar surface area (TPSA) is 45.2 Å². The third-order valence-electron chi connectivity index (χ3n) is 1.48. The molecule has 13 heavy (non-hydrogen) atoms. The second-order valence-corrected chi connectivity index (χ2v) is 3.29. The minimum atomic E-state index is -0.783. The van der Waals surface area contributed by atoms with Crippen LogP contribution in [-0.4, -0.2) is 22.2 Å². The van der Waals surface area contributed by atoms with Crippen LogP contribution in [0.2, 0.25) is 5.02 Å². The van der Waals surface area contributed by atoms with Gasteiger partial charge in [-0.25, -0.2) is 4.98 Å². The smallest absolute Gasteiger partial charge is 0.139 e. The van der Waals surface area contributed by atoms with Crippen molar-refractivity contribution < 1.29 is 5.11 Å². The van der Waals surface area contributed by atoms with E-state index in [-0.39, 0.29) is 5.88 Å². The lowest BCUT2D eigenvalue weighted by Crippen LogP contribution is -2.20. The molecule has 0 spiro atoms. The Labute approximate surface area is 86.7 Å². The molecule has 72 valence electrons. The zero-order chi connectivity index (χ0) is 9.84. The molecule has 0 radical (unpaired) electrons. The summed E-state index contributed by atoms with van der Waals surface area (Å²) in [4.78, 5) is 4.10. The van der Waals surface area contributed by atoms with Gasteiger partial charge in [0.15, 0.2) is 0 Å². The molecule has 2 N–H and O–H groups in total. The lowest BCUT2D eigenvalue weighted by molar-refractivity contribution is 0.227. The first-order chi connectivity index (χ1) is 6.13. The van der Waals surface area contributed by atoms with E-state index in [0.717, 1.165) is 0 Å². The number of rotatable bonds is 3. The second-order valence-electron chi connectivity index (χ2n) is 2.58. The molecule has 0 fully saturated rings. The molecular formula is C8H10Cl2N2O. The maximum absolute atomic E-state index is 9.16. The lowest BCUT2D eigenvalue weighted by atomic mass is 10.3. The van der Waals surface area contributed by atoms with Crippen molar-refractivity contribution in [2.75, 3.05) is 11.2 Å². The zero-order valence-corrected chi connectivity index (χ0v) is 8.60. The molecule has 1 heterocycles. The number of anilines is 1. The van der Waals surface area contributed by atoms with E-state index in [1.807, 2.05) is 0 Å². The Kier molecular flexibility index (Phi) is 3.78. The van der Waals surface area contributed by atoms with Crippen molar-refractivity contribution in [1.82, 2.24) is 4.98 Å². The average molecular weight is 221 g/mol. The molecular weight excluding hydrogens is 211 g/mol. The summed E-state index contributed by atoms with van der Waals surface area (Å²) in [5.74, 6) is 0.679. The Morgan fingerprint density at radius 3 is 2.85 bits per heavy atom. The molecule has 0 saturated heterocycles. The molecule has 1 aromatic rings. The molecule has 0 aliphatic carbocycles. The zero-order valence-electron chi connectivity index (χ0n) is 7.09. The van der Waals surface area contributed by atoms with Gasteiger partial charge in [-0.3, -0.25) is 0 Å². The number of aliphatic hydroxyl groups excluding tert-OH is 1. The summed E-state index contributed by atoms with van der Waals surface area (Å²) in [6.07, 6.45) is -0.783. The first kappa shape index (κ1) is 10.6. The average Bonchev–Trinajstić information content (AvgIpc) is 2.11. The Balaban J connectivity index is 2.73. The minimum absolute atomic E-state index is 0.114. The first-order valence-electron chi connectivity index (χ1n) is 3.77. The number of nitrogens with one attached hydrogen (secondary N) is 1. The van der Waals surface area contributed by atoms with E-state index in [1.165, 1.54) is 0 Å². The van der Waals surface area contributed by atoms with Crippen LogP contribution in [0.4, 0.5) is 5.82 Å². The number of pyridine rings is 1. The highest BCUT2D eigenvalue weighted by Crippen LogP contribution is 2.15. The number of alkyl halides is 1. The third kappa shape index (κ3) is 3.03. The molecule has 1 aromatic heterocycles. The maximum Gasteiger partial charge on any atom is 0.139 e. The van der Waals surface area contributed by atoms with E-state index in [1.54, 1.807) is 19.1 Å². The molecule has 0 aliphatic rings. The van der Waals surface area contributed by atoms with E-state index in [2.05, 4.69) is 10.3 Å². The van der Waals surface area contributed by atoms with Gasteiger partial charge in [-0.05, 0) is 19.1 Å². The molecule has 1 unspecified atom stereocenters. The summed E-state index contributed by atoms with van der Waals surface area (Å²) in [7, 11) is 0. The Bertz CT molecular complexity index is 293. The fraction of sp³-hybridized carbons (Fsp3) is 0.375. The molecule has 1 atom stereocenters. The summed E-state index contributed by atoms with van der Waals surface area (Å²) < 4.78 is 0. The van der Waals surface area contributed by atoms with Crippen molar-refractivity contribution in [3.05, 3.63) is 22.8 Å². The van der Waals surface area contributed by atoms with Crippen molar-refractivity contribution in [1.29, 1.82) is 0 Å². The molecule has 0 aromatic carbocycles. The normalized spacial score (nSPS) is 12.6. The number of aliphatic hydroxyl groups is 1. The van der Waals surface area contributed by atoms with Gasteiger partial charge in [0.1, 0.15) is 12.0 Å². The van der Waals surface area contributed by atoms with Crippen LogP contribution in [0.3, 0.4) is 0 Å². The lowest BCUT2D eigenvalue weighted by Gasteiger charge is -2.10. The number of halogens is 2. The van der Waals surface area contributed by atoms with E-state index in [0.29, 0.717) is 16.5 Å². The van der Waals surface area contributed by atoms with Gasteiger partial charge >= 0.3 is 0 Å². The predicted octanol–water partition coefficient (Wildman–Crippen LogP) is 2.01. The fourth-order valence-electron chi connectivity index (χ4n) is 0.834. The van der Waals surface area contributed by atoms with Crippen LogP contribution < -0.4 is 5.32 Å².